The van der Waals surface area contributed by atoms with Crippen molar-refractivity contribution < 1.29 is 24.9 Å². The van der Waals surface area contributed by atoms with Crippen molar-refractivity contribution in [3.8, 4) is 5.75 Å². The van der Waals surface area contributed by atoms with Crippen molar-refractivity contribution in [3.05, 3.63) is 35.9 Å². The molecule has 2 atom stereocenters. The highest BCUT2D eigenvalue weighted by atomic mass is 16.5. The summed E-state index contributed by atoms with van der Waals surface area (Å²) in [6.07, 6.45) is 1.42. The monoisotopic (exact) mass is 350 g/mol. The molecule has 25 heavy (non-hydrogen) atoms. The van der Waals surface area contributed by atoms with E-state index in [2.05, 4.69) is 9.80 Å². The van der Waals surface area contributed by atoms with Crippen molar-refractivity contribution in [1.82, 2.24) is 9.80 Å². The lowest BCUT2D eigenvalue weighted by Gasteiger charge is -2.39. The summed E-state index contributed by atoms with van der Waals surface area (Å²) >= 11 is 0. The quantitative estimate of drug-likeness (QED) is 0.587. The van der Waals surface area contributed by atoms with Gasteiger partial charge in [-0.3, -0.25) is 9.80 Å². The third-order valence-corrected chi connectivity index (χ3v) is 4.13. The first kappa shape index (κ1) is 19.4. The summed E-state index contributed by atoms with van der Waals surface area (Å²) in [6.45, 7) is 5.61. The van der Waals surface area contributed by atoms with Gasteiger partial charge >= 0.3 is 5.97 Å². The molecular weight excluding hydrogens is 324 g/mol. The molecule has 1 aromatic carbocycles. The number of benzene rings is 1. The average molecular weight is 350 g/mol. The number of carbonyl (C=O) groups is 1. The van der Waals surface area contributed by atoms with E-state index in [-0.39, 0.29) is 6.61 Å². The predicted octanol–water partition coefficient (Wildman–Crippen LogP) is 0.480. The van der Waals surface area contributed by atoms with E-state index in [1.807, 2.05) is 0 Å². The number of carboxylic acids is 1. The SMILES string of the molecule is CC(O)C(Oc1cccc(C=CC(=O)O)c1)N1CCN(CCO)CC1. The van der Waals surface area contributed by atoms with E-state index in [9.17, 15) is 9.90 Å². The summed E-state index contributed by atoms with van der Waals surface area (Å²) in [5, 5.41) is 27.9. The molecule has 1 heterocycles. The molecule has 0 radical (unpaired) electrons. The van der Waals surface area contributed by atoms with Crippen LogP contribution in [0.2, 0.25) is 0 Å². The van der Waals surface area contributed by atoms with Crippen molar-refractivity contribution in [2.24, 2.45) is 0 Å². The maximum Gasteiger partial charge on any atom is 0.328 e. The Morgan fingerprint density at radius 1 is 1.32 bits per heavy atom. The molecule has 0 bridgehead atoms. The molecule has 1 saturated heterocycles. The smallest absolute Gasteiger partial charge is 0.328 e. The van der Waals surface area contributed by atoms with Crippen molar-refractivity contribution in [1.29, 1.82) is 0 Å². The Labute approximate surface area is 147 Å². The van der Waals surface area contributed by atoms with Gasteiger partial charge in [0.2, 0.25) is 0 Å². The second kappa shape index (κ2) is 9.53. The summed E-state index contributed by atoms with van der Waals surface area (Å²) < 4.78 is 5.98. The van der Waals surface area contributed by atoms with Gasteiger partial charge in [0, 0.05) is 38.8 Å². The molecule has 0 aliphatic carbocycles. The lowest BCUT2D eigenvalue weighted by Crippen LogP contribution is -2.55. The van der Waals surface area contributed by atoms with Crippen LogP contribution in [0.15, 0.2) is 30.3 Å². The summed E-state index contributed by atoms with van der Waals surface area (Å²) in [6, 6.07) is 7.11. The van der Waals surface area contributed by atoms with Crippen molar-refractivity contribution in [3.63, 3.8) is 0 Å². The molecule has 0 saturated carbocycles. The molecular formula is C18H26N2O5. The number of β-amino-alcohol motifs (C(OH)–C–C–N with tert-alkyl or cyclic N) is 1. The maximum atomic E-state index is 10.6. The molecule has 1 aromatic rings. The first-order valence-corrected chi connectivity index (χ1v) is 8.42. The van der Waals surface area contributed by atoms with E-state index in [0.717, 1.165) is 37.8 Å². The van der Waals surface area contributed by atoms with Crippen molar-refractivity contribution >= 4 is 12.0 Å². The molecule has 1 aliphatic rings. The minimum Gasteiger partial charge on any atom is -0.478 e. The van der Waals surface area contributed by atoms with E-state index in [1.54, 1.807) is 31.2 Å². The van der Waals surface area contributed by atoms with Crippen LogP contribution in [-0.4, -0.2) is 82.8 Å². The van der Waals surface area contributed by atoms with Gasteiger partial charge in [-0.2, -0.15) is 0 Å². The zero-order chi connectivity index (χ0) is 18.2. The van der Waals surface area contributed by atoms with Gasteiger partial charge in [-0.1, -0.05) is 12.1 Å². The van der Waals surface area contributed by atoms with Gasteiger partial charge in [-0.05, 0) is 30.7 Å². The van der Waals surface area contributed by atoms with E-state index in [4.69, 9.17) is 14.9 Å². The fourth-order valence-electron chi connectivity index (χ4n) is 2.86. The van der Waals surface area contributed by atoms with Crippen LogP contribution in [-0.2, 0) is 4.79 Å². The Morgan fingerprint density at radius 2 is 2.04 bits per heavy atom. The summed E-state index contributed by atoms with van der Waals surface area (Å²) in [4.78, 5) is 14.9. The highest BCUT2D eigenvalue weighted by Gasteiger charge is 2.28. The van der Waals surface area contributed by atoms with Crippen molar-refractivity contribution in [2.75, 3.05) is 39.3 Å². The maximum absolute atomic E-state index is 10.6. The second-order valence-electron chi connectivity index (χ2n) is 6.09. The van der Waals surface area contributed by atoms with Crippen molar-refractivity contribution in [2.45, 2.75) is 19.3 Å². The molecule has 138 valence electrons. The van der Waals surface area contributed by atoms with Crippen LogP contribution >= 0.6 is 0 Å². The Morgan fingerprint density at radius 3 is 2.64 bits per heavy atom. The van der Waals surface area contributed by atoms with E-state index < -0.39 is 18.3 Å². The summed E-state index contributed by atoms with van der Waals surface area (Å²) in [5.74, 6) is -0.426. The molecule has 0 aromatic heterocycles. The first-order chi connectivity index (χ1) is 12.0. The number of nitrogens with zero attached hydrogens (tertiary/aromatic N) is 2. The zero-order valence-electron chi connectivity index (χ0n) is 14.4. The number of piperazine rings is 1. The van der Waals surface area contributed by atoms with Crippen LogP contribution in [0.25, 0.3) is 6.08 Å². The molecule has 2 rings (SSSR count). The van der Waals surface area contributed by atoms with Gasteiger partial charge in [-0.25, -0.2) is 4.79 Å². The predicted molar refractivity (Wildman–Crippen MR) is 94.3 cm³/mol. The molecule has 0 amide bonds. The number of rotatable bonds is 8. The third-order valence-electron chi connectivity index (χ3n) is 4.13. The highest BCUT2D eigenvalue weighted by Crippen LogP contribution is 2.19. The molecule has 3 N–H and O–H groups in total. The van der Waals surface area contributed by atoms with E-state index in [1.165, 1.54) is 6.08 Å². The van der Waals surface area contributed by atoms with Crippen LogP contribution in [0.1, 0.15) is 12.5 Å². The topological polar surface area (TPSA) is 93.5 Å². The van der Waals surface area contributed by atoms with Crippen LogP contribution in [0.5, 0.6) is 5.75 Å². The fourth-order valence-corrected chi connectivity index (χ4v) is 2.86. The molecule has 1 aliphatic heterocycles. The Hall–Kier alpha value is -1.93. The summed E-state index contributed by atoms with van der Waals surface area (Å²) in [7, 11) is 0. The molecule has 0 spiro atoms. The molecule has 1 fully saturated rings. The zero-order valence-corrected chi connectivity index (χ0v) is 14.4. The van der Waals surface area contributed by atoms with Crippen LogP contribution in [0, 0.1) is 0 Å². The average Bonchev–Trinajstić information content (AvgIpc) is 2.59. The van der Waals surface area contributed by atoms with Gasteiger partial charge in [0.1, 0.15) is 11.9 Å². The van der Waals surface area contributed by atoms with Gasteiger partial charge in [-0.15, -0.1) is 0 Å². The van der Waals surface area contributed by atoms with E-state index in [0.29, 0.717) is 12.3 Å². The number of ether oxygens (including phenoxy) is 1. The van der Waals surface area contributed by atoms with Gasteiger partial charge in [0.15, 0.2) is 6.23 Å². The number of hydrogen-bond donors (Lipinski definition) is 3. The number of aliphatic carboxylic acids is 1. The van der Waals surface area contributed by atoms with Crippen LogP contribution in [0.3, 0.4) is 0 Å². The lowest BCUT2D eigenvalue weighted by molar-refractivity contribution is -0.131. The van der Waals surface area contributed by atoms with E-state index >= 15 is 0 Å². The van der Waals surface area contributed by atoms with Gasteiger partial charge in [0.25, 0.3) is 0 Å². The number of hydrogen-bond acceptors (Lipinski definition) is 6. The number of carboxylic acid groups (broad SMARTS) is 1. The first-order valence-electron chi connectivity index (χ1n) is 8.42. The fraction of sp³-hybridized carbons (Fsp3) is 0.500. The minimum atomic E-state index is -1.01. The van der Waals surface area contributed by atoms with Gasteiger partial charge in [0.05, 0.1) is 6.61 Å². The largest absolute Gasteiger partial charge is 0.478 e. The normalized spacial score (nSPS) is 19.0. The molecule has 2 unspecified atom stereocenters. The second-order valence-corrected chi connectivity index (χ2v) is 6.09. The summed E-state index contributed by atoms with van der Waals surface area (Å²) in [5.41, 5.74) is 0.719. The van der Waals surface area contributed by atoms with Gasteiger partial charge < -0.3 is 20.1 Å². The Bertz CT molecular complexity index is 583. The molecule has 7 heteroatoms. The lowest BCUT2D eigenvalue weighted by atomic mass is 10.2. The third kappa shape index (κ3) is 6.13. The van der Waals surface area contributed by atoms with Crippen LogP contribution in [0.4, 0.5) is 0 Å². The number of aliphatic hydroxyl groups is 2. The standard InChI is InChI=1S/C18H26N2O5/c1-14(22)18(20-9-7-19(8-10-20)11-12-21)25-16-4-2-3-15(13-16)5-6-17(23)24/h2-6,13-14,18,21-22H,7-12H2,1H3,(H,23,24). The number of aliphatic hydroxyl groups excluding tert-OH is 2. The molecule has 7 nitrogen and oxygen atoms in total. The highest BCUT2D eigenvalue weighted by molar-refractivity contribution is 5.85. The Kier molecular flexibility index (Phi) is 7.39. The van der Waals surface area contributed by atoms with Crippen LogP contribution < -0.4 is 4.74 Å². The minimum absolute atomic E-state index is 0.146. The Balaban J connectivity index is 2.02.